The first-order chi connectivity index (χ1) is 11.6. The lowest BCUT2D eigenvalue weighted by molar-refractivity contribution is 0.0681. The van der Waals surface area contributed by atoms with Gasteiger partial charge in [0.05, 0.1) is 5.69 Å². The molecule has 3 heterocycles. The minimum absolute atomic E-state index is 0. The number of aromatic nitrogens is 3. The van der Waals surface area contributed by atoms with Crippen molar-refractivity contribution in [3.8, 4) is 5.69 Å². The van der Waals surface area contributed by atoms with Crippen molar-refractivity contribution in [3.05, 3.63) is 42.0 Å². The van der Waals surface area contributed by atoms with Gasteiger partial charge in [0.15, 0.2) is 0 Å². The Morgan fingerprint density at radius 1 is 1.28 bits per heavy atom. The molecular formula is C18H24ClN5O. The van der Waals surface area contributed by atoms with Gasteiger partial charge in [0.2, 0.25) is 0 Å². The molecule has 0 aliphatic carbocycles. The largest absolute Gasteiger partial charge is 0.339 e. The lowest BCUT2D eigenvalue weighted by Crippen LogP contribution is -2.48. The van der Waals surface area contributed by atoms with E-state index in [0.29, 0.717) is 18.1 Å². The Morgan fingerprint density at radius 2 is 2.00 bits per heavy atom. The molecule has 25 heavy (non-hydrogen) atoms. The maximum absolute atomic E-state index is 13.0. The lowest BCUT2D eigenvalue weighted by atomic mass is 9.97. The van der Waals surface area contributed by atoms with Crippen molar-refractivity contribution in [2.45, 2.75) is 50.7 Å². The van der Waals surface area contributed by atoms with Crippen LogP contribution in [-0.2, 0) is 0 Å². The van der Waals surface area contributed by atoms with Crippen LogP contribution in [0.15, 0.2) is 30.9 Å². The maximum atomic E-state index is 13.0. The highest BCUT2D eigenvalue weighted by molar-refractivity contribution is 5.96. The molecule has 2 fully saturated rings. The van der Waals surface area contributed by atoms with Crippen LogP contribution in [0.1, 0.15) is 41.6 Å². The van der Waals surface area contributed by atoms with Crippen LogP contribution in [-0.4, -0.2) is 50.7 Å². The minimum atomic E-state index is 0. The molecule has 134 valence electrons. The zero-order chi connectivity index (χ0) is 16.7. The number of carbonyl (C=O) groups is 1. The molecule has 4 rings (SSSR count). The van der Waals surface area contributed by atoms with Crippen LogP contribution in [0.2, 0.25) is 0 Å². The molecule has 2 aliphatic rings. The SMILES string of the molecule is Cc1cc(-n2cncn2)ccc1C(=O)N(C)C1CC2CCC(C1)N2.Cl. The predicted molar refractivity (Wildman–Crippen MR) is 98.4 cm³/mol. The van der Waals surface area contributed by atoms with E-state index < -0.39 is 0 Å². The van der Waals surface area contributed by atoms with Crippen LogP contribution in [0.4, 0.5) is 0 Å². The third kappa shape index (κ3) is 3.41. The van der Waals surface area contributed by atoms with Crippen molar-refractivity contribution in [1.29, 1.82) is 0 Å². The zero-order valence-electron chi connectivity index (χ0n) is 14.6. The molecule has 1 aromatic heterocycles. The van der Waals surface area contributed by atoms with Gasteiger partial charge in [-0.1, -0.05) is 0 Å². The first-order valence-electron chi connectivity index (χ1n) is 8.60. The Labute approximate surface area is 154 Å². The maximum Gasteiger partial charge on any atom is 0.254 e. The fraction of sp³-hybridized carbons (Fsp3) is 0.500. The Kier molecular flexibility index (Phi) is 5.11. The van der Waals surface area contributed by atoms with Gasteiger partial charge in [0.1, 0.15) is 12.7 Å². The van der Waals surface area contributed by atoms with Crippen molar-refractivity contribution in [1.82, 2.24) is 25.0 Å². The molecular weight excluding hydrogens is 338 g/mol. The van der Waals surface area contributed by atoms with Crippen LogP contribution < -0.4 is 5.32 Å². The van der Waals surface area contributed by atoms with Gasteiger partial charge in [-0.3, -0.25) is 4.79 Å². The summed E-state index contributed by atoms with van der Waals surface area (Å²) in [4.78, 5) is 18.9. The molecule has 0 radical (unpaired) electrons. The molecule has 2 atom stereocenters. The summed E-state index contributed by atoms with van der Waals surface area (Å²) in [5, 5.41) is 7.77. The fourth-order valence-corrected chi connectivity index (χ4v) is 4.07. The average Bonchev–Trinajstić information content (AvgIpc) is 3.23. The molecule has 1 amide bonds. The van der Waals surface area contributed by atoms with E-state index in [0.717, 1.165) is 29.7 Å². The van der Waals surface area contributed by atoms with E-state index in [1.54, 1.807) is 11.0 Å². The summed E-state index contributed by atoms with van der Waals surface area (Å²) in [6.07, 6.45) is 7.79. The number of hydrogen-bond donors (Lipinski definition) is 1. The number of piperidine rings is 1. The van der Waals surface area contributed by atoms with Crippen molar-refractivity contribution < 1.29 is 4.79 Å². The molecule has 2 saturated heterocycles. The fourth-order valence-electron chi connectivity index (χ4n) is 4.07. The number of amides is 1. The van der Waals surface area contributed by atoms with E-state index in [9.17, 15) is 4.79 Å². The normalized spacial score (nSPS) is 24.6. The number of aryl methyl sites for hydroxylation is 1. The van der Waals surface area contributed by atoms with E-state index in [-0.39, 0.29) is 18.3 Å². The van der Waals surface area contributed by atoms with Crippen LogP contribution >= 0.6 is 12.4 Å². The average molecular weight is 362 g/mol. The highest BCUT2D eigenvalue weighted by Gasteiger charge is 2.36. The van der Waals surface area contributed by atoms with Gasteiger partial charge < -0.3 is 10.2 Å². The summed E-state index contributed by atoms with van der Waals surface area (Å²) < 4.78 is 1.70. The summed E-state index contributed by atoms with van der Waals surface area (Å²) >= 11 is 0. The monoisotopic (exact) mass is 361 g/mol. The Morgan fingerprint density at radius 3 is 2.60 bits per heavy atom. The zero-order valence-corrected chi connectivity index (χ0v) is 15.4. The summed E-state index contributed by atoms with van der Waals surface area (Å²) in [7, 11) is 1.95. The van der Waals surface area contributed by atoms with Crippen molar-refractivity contribution in [3.63, 3.8) is 0 Å². The number of hydrogen-bond acceptors (Lipinski definition) is 4. The molecule has 6 nitrogen and oxygen atoms in total. The number of fused-ring (bicyclic) bond motifs is 2. The van der Waals surface area contributed by atoms with Gasteiger partial charge in [0, 0.05) is 30.7 Å². The molecule has 2 bridgehead atoms. The van der Waals surface area contributed by atoms with Gasteiger partial charge in [-0.15, -0.1) is 12.4 Å². The lowest BCUT2D eigenvalue weighted by Gasteiger charge is -2.35. The van der Waals surface area contributed by atoms with Gasteiger partial charge >= 0.3 is 0 Å². The molecule has 2 unspecified atom stereocenters. The molecule has 0 saturated carbocycles. The molecule has 0 spiro atoms. The van der Waals surface area contributed by atoms with Crippen molar-refractivity contribution >= 4 is 18.3 Å². The second-order valence-corrected chi connectivity index (χ2v) is 7.02. The van der Waals surface area contributed by atoms with Gasteiger partial charge in [-0.2, -0.15) is 5.10 Å². The number of nitrogens with one attached hydrogen (secondary N) is 1. The Hall–Kier alpha value is -1.92. The quantitative estimate of drug-likeness (QED) is 0.911. The first-order valence-corrected chi connectivity index (χ1v) is 8.60. The highest BCUT2D eigenvalue weighted by atomic mass is 35.5. The smallest absolute Gasteiger partial charge is 0.254 e. The van der Waals surface area contributed by atoms with Crippen LogP contribution in [0.5, 0.6) is 0 Å². The van der Waals surface area contributed by atoms with Crippen LogP contribution in [0.3, 0.4) is 0 Å². The molecule has 7 heteroatoms. The summed E-state index contributed by atoms with van der Waals surface area (Å²) in [6, 6.07) is 7.32. The third-order valence-corrected chi connectivity index (χ3v) is 5.44. The van der Waals surface area contributed by atoms with Crippen LogP contribution in [0.25, 0.3) is 5.69 Å². The minimum Gasteiger partial charge on any atom is -0.339 e. The second-order valence-electron chi connectivity index (χ2n) is 7.02. The first kappa shape index (κ1) is 17.9. The molecule has 2 aromatic rings. The summed E-state index contributed by atoms with van der Waals surface area (Å²) in [5.41, 5.74) is 2.66. The van der Waals surface area contributed by atoms with Gasteiger partial charge in [0.25, 0.3) is 5.91 Å². The van der Waals surface area contributed by atoms with E-state index in [1.165, 1.54) is 19.2 Å². The predicted octanol–water partition coefficient (Wildman–Crippen LogP) is 2.35. The molecule has 1 aromatic carbocycles. The second kappa shape index (κ2) is 7.14. The Balaban J connectivity index is 0.00000182. The number of nitrogens with zero attached hydrogens (tertiary/aromatic N) is 4. The standard InChI is InChI=1S/C18H23N5O.ClH/c1-12-7-15(23-11-19-10-20-23)5-6-17(12)18(24)22(2)16-8-13-3-4-14(9-16)21-13;/h5-7,10-11,13-14,16,21H,3-4,8-9H2,1-2H3;1H. The van der Waals surface area contributed by atoms with Crippen molar-refractivity contribution in [2.75, 3.05) is 7.05 Å². The third-order valence-electron chi connectivity index (χ3n) is 5.44. The van der Waals surface area contributed by atoms with E-state index in [1.807, 2.05) is 37.1 Å². The molecule has 1 N–H and O–H groups in total. The molecule has 2 aliphatic heterocycles. The highest BCUT2D eigenvalue weighted by Crippen LogP contribution is 2.30. The van der Waals surface area contributed by atoms with E-state index in [4.69, 9.17) is 0 Å². The summed E-state index contributed by atoms with van der Waals surface area (Å²) in [5.74, 6) is 0.115. The van der Waals surface area contributed by atoms with E-state index in [2.05, 4.69) is 15.4 Å². The van der Waals surface area contributed by atoms with Crippen molar-refractivity contribution in [2.24, 2.45) is 0 Å². The number of benzene rings is 1. The number of carbonyl (C=O) groups excluding carboxylic acids is 1. The van der Waals surface area contributed by atoms with E-state index >= 15 is 0 Å². The number of rotatable bonds is 3. The van der Waals surface area contributed by atoms with Gasteiger partial charge in [-0.05, 0) is 56.4 Å². The summed E-state index contributed by atoms with van der Waals surface area (Å²) in [6.45, 7) is 1.98. The van der Waals surface area contributed by atoms with Crippen LogP contribution in [0, 0.1) is 6.92 Å². The topological polar surface area (TPSA) is 63.1 Å². The Bertz CT molecular complexity index is 736. The number of halogens is 1. The van der Waals surface area contributed by atoms with Gasteiger partial charge in [-0.25, -0.2) is 9.67 Å².